The highest BCUT2D eigenvalue weighted by Gasteiger charge is 2.09. The molecule has 0 saturated heterocycles. The smallest absolute Gasteiger partial charge is 0.138 e. The molecule has 0 spiro atoms. The number of nitrogens with two attached hydrogens (primary N) is 1. The lowest BCUT2D eigenvalue weighted by Crippen LogP contribution is -2.30. The van der Waals surface area contributed by atoms with Crippen molar-refractivity contribution in [3.8, 4) is 11.8 Å². The van der Waals surface area contributed by atoms with Gasteiger partial charge in [-0.1, -0.05) is 31.8 Å². The van der Waals surface area contributed by atoms with E-state index in [1.807, 2.05) is 6.07 Å². The Bertz CT molecular complexity index is 491. The zero-order chi connectivity index (χ0) is 15.7. The molecule has 21 heavy (non-hydrogen) atoms. The van der Waals surface area contributed by atoms with Crippen molar-refractivity contribution in [2.75, 3.05) is 33.4 Å². The fourth-order valence-corrected chi connectivity index (χ4v) is 2.14. The van der Waals surface area contributed by atoms with Gasteiger partial charge in [-0.05, 0) is 23.6 Å². The molecule has 0 fully saturated rings. The fraction of sp³-hybridized carbons (Fsp3) is 0.529. The molecule has 0 unspecified atom stereocenters. The van der Waals surface area contributed by atoms with Gasteiger partial charge in [-0.25, -0.2) is 4.39 Å². The second kappa shape index (κ2) is 9.51. The third-order valence-corrected chi connectivity index (χ3v) is 3.00. The summed E-state index contributed by atoms with van der Waals surface area (Å²) in [5.41, 5.74) is 6.80. The largest absolute Gasteiger partial charge is 0.383 e. The topological polar surface area (TPSA) is 38.5 Å². The Labute approximate surface area is 127 Å². The summed E-state index contributed by atoms with van der Waals surface area (Å²) in [5, 5.41) is 0. The molecule has 0 aliphatic carbocycles. The second-order valence-electron chi connectivity index (χ2n) is 5.44. The van der Waals surface area contributed by atoms with Gasteiger partial charge in [0.15, 0.2) is 0 Å². The first kappa shape index (κ1) is 17.6. The van der Waals surface area contributed by atoms with Gasteiger partial charge in [0.05, 0.1) is 18.7 Å². The predicted molar refractivity (Wildman–Crippen MR) is 84.3 cm³/mol. The number of hydrogen-bond donors (Lipinski definition) is 1. The number of hydrogen-bond acceptors (Lipinski definition) is 3. The van der Waals surface area contributed by atoms with E-state index in [9.17, 15) is 4.39 Å². The van der Waals surface area contributed by atoms with Crippen molar-refractivity contribution in [2.24, 2.45) is 11.7 Å². The zero-order valence-corrected chi connectivity index (χ0v) is 13.2. The summed E-state index contributed by atoms with van der Waals surface area (Å²) in [6.45, 7) is 7.88. The SMILES string of the molecule is COCCN(Cc1ccc(F)c(C#CCN)c1)CC(C)C. The zero-order valence-electron chi connectivity index (χ0n) is 13.2. The van der Waals surface area contributed by atoms with Crippen molar-refractivity contribution < 1.29 is 9.13 Å². The van der Waals surface area contributed by atoms with Crippen molar-refractivity contribution in [1.29, 1.82) is 0 Å². The normalized spacial score (nSPS) is 10.8. The van der Waals surface area contributed by atoms with Crippen LogP contribution in [0.5, 0.6) is 0 Å². The lowest BCUT2D eigenvalue weighted by Gasteiger charge is -2.24. The molecule has 116 valence electrons. The third-order valence-electron chi connectivity index (χ3n) is 3.00. The molecule has 4 heteroatoms. The molecule has 0 atom stereocenters. The summed E-state index contributed by atoms with van der Waals surface area (Å²) < 4.78 is 18.8. The Morgan fingerprint density at radius 1 is 1.38 bits per heavy atom. The minimum atomic E-state index is -0.299. The maximum Gasteiger partial charge on any atom is 0.138 e. The maximum atomic E-state index is 13.7. The molecule has 0 aliphatic rings. The Kier molecular flexibility index (Phi) is 7.99. The van der Waals surface area contributed by atoms with Crippen LogP contribution in [-0.4, -0.2) is 38.3 Å². The van der Waals surface area contributed by atoms with Crippen LogP contribution >= 0.6 is 0 Å². The summed E-state index contributed by atoms with van der Waals surface area (Å²) in [6, 6.07) is 5.08. The molecule has 0 saturated carbocycles. The number of ether oxygens (including phenoxy) is 1. The molecule has 0 aliphatic heterocycles. The van der Waals surface area contributed by atoms with E-state index < -0.39 is 0 Å². The first-order valence-electron chi connectivity index (χ1n) is 7.25. The van der Waals surface area contributed by atoms with Crippen LogP contribution in [0.15, 0.2) is 18.2 Å². The van der Waals surface area contributed by atoms with E-state index in [0.29, 0.717) is 18.1 Å². The molecule has 0 radical (unpaired) electrons. The second-order valence-corrected chi connectivity index (χ2v) is 5.44. The Morgan fingerprint density at radius 2 is 2.14 bits per heavy atom. The van der Waals surface area contributed by atoms with Crippen LogP contribution in [0.4, 0.5) is 4.39 Å². The van der Waals surface area contributed by atoms with E-state index in [1.165, 1.54) is 6.07 Å². The van der Waals surface area contributed by atoms with E-state index in [2.05, 4.69) is 30.6 Å². The van der Waals surface area contributed by atoms with Gasteiger partial charge in [0.2, 0.25) is 0 Å². The molecule has 1 aromatic carbocycles. The highest BCUT2D eigenvalue weighted by atomic mass is 19.1. The third kappa shape index (κ3) is 6.72. The first-order valence-corrected chi connectivity index (χ1v) is 7.25. The Balaban J connectivity index is 2.82. The molecule has 0 bridgehead atoms. The van der Waals surface area contributed by atoms with Gasteiger partial charge in [-0.15, -0.1) is 0 Å². The maximum absolute atomic E-state index is 13.7. The van der Waals surface area contributed by atoms with Crippen LogP contribution in [0.2, 0.25) is 0 Å². The average Bonchev–Trinajstić information content (AvgIpc) is 2.44. The highest BCUT2D eigenvalue weighted by Crippen LogP contribution is 2.13. The number of benzene rings is 1. The average molecular weight is 292 g/mol. The van der Waals surface area contributed by atoms with Crippen LogP contribution < -0.4 is 5.73 Å². The number of halogens is 1. The van der Waals surface area contributed by atoms with E-state index in [1.54, 1.807) is 13.2 Å². The molecule has 0 aromatic heterocycles. The molecular formula is C17H25FN2O. The van der Waals surface area contributed by atoms with Crippen molar-refractivity contribution in [3.05, 3.63) is 35.1 Å². The minimum absolute atomic E-state index is 0.233. The van der Waals surface area contributed by atoms with Crippen LogP contribution in [0.25, 0.3) is 0 Å². The Morgan fingerprint density at radius 3 is 2.76 bits per heavy atom. The fourth-order valence-electron chi connectivity index (χ4n) is 2.14. The van der Waals surface area contributed by atoms with E-state index in [0.717, 1.165) is 25.2 Å². The number of nitrogens with zero attached hydrogens (tertiary/aromatic N) is 1. The molecule has 2 N–H and O–H groups in total. The summed E-state index contributed by atoms with van der Waals surface area (Å²) in [7, 11) is 1.70. The molecule has 0 heterocycles. The van der Waals surface area contributed by atoms with Gasteiger partial charge in [0.1, 0.15) is 5.82 Å². The van der Waals surface area contributed by atoms with Gasteiger partial charge in [-0.2, -0.15) is 0 Å². The van der Waals surface area contributed by atoms with Gasteiger partial charge < -0.3 is 10.5 Å². The van der Waals surface area contributed by atoms with Gasteiger partial charge in [-0.3, -0.25) is 4.90 Å². The summed E-state index contributed by atoms with van der Waals surface area (Å²) >= 11 is 0. The van der Waals surface area contributed by atoms with E-state index in [4.69, 9.17) is 10.5 Å². The van der Waals surface area contributed by atoms with Crippen molar-refractivity contribution >= 4 is 0 Å². The van der Waals surface area contributed by atoms with Gasteiger partial charge >= 0.3 is 0 Å². The number of methoxy groups -OCH3 is 1. The van der Waals surface area contributed by atoms with E-state index in [-0.39, 0.29) is 12.4 Å². The summed E-state index contributed by atoms with van der Waals surface area (Å²) in [5.74, 6) is 5.74. The van der Waals surface area contributed by atoms with E-state index >= 15 is 0 Å². The quantitative estimate of drug-likeness (QED) is 0.783. The highest BCUT2D eigenvalue weighted by molar-refractivity contribution is 5.38. The standard InChI is InChI=1S/C17H25FN2O/c1-14(2)12-20(9-10-21-3)13-15-6-7-17(18)16(11-15)5-4-8-19/h6-7,11,14H,8-10,12-13,19H2,1-3H3. The molecule has 1 rings (SSSR count). The van der Waals surface area contributed by atoms with Gasteiger partial charge in [0.25, 0.3) is 0 Å². The number of rotatable bonds is 7. The monoisotopic (exact) mass is 292 g/mol. The van der Waals surface area contributed by atoms with Crippen molar-refractivity contribution in [2.45, 2.75) is 20.4 Å². The summed E-state index contributed by atoms with van der Waals surface area (Å²) in [4.78, 5) is 2.31. The molecular weight excluding hydrogens is 267 g/mol. The van der Waals surface area contributed by atoms with Crippen LogP contribution in [-0.2, 0) is 11.3 Å². The molecule has 1 aromatic rings. The van der Waals surface area contributed by atoms with Crippen LogP contribution in [0.1, 0.15) is 25.0 Å². The van der Waals surface area contributed by atoms with Crippen LogP contribution in [0.3, 0.4) is 0 Å². The summed E-state index contributed by atoms with van der Waals surface area (Å²) in [6.07, 6.45) is 0. The molecule has 0 amide bonds. The van der Waals surface area contributed by atoms with Crippen molar-refractivity contribution in [1.82, 2.24) is 4.90 Å². The van der Waals surface area contributed by atoms with Crippen molar-refractivity contribution in [3.63, 3.8) is 0 Å². The van der Waals surface area contributed by atoms with Gasteiger partial charge in [0, 0.05) is 26.7 Å². The lowest BCUT2D eigenvalue weighted by molar-refractivity contribution is 0.136. The first-order chi connectivity index (χ1) is 10.1. The molecule has 3 nitrogen and oxygen atoms in total. The lowest BCUT2D eigenvalue weighted by atomic mass is 10.1. The van der Waals surface area contributed by atoms with Crippen LogP contribution in [0, 0.1) is 23.6 Å². The minimum Gasteiger partial charge on any atom is -0.383 e. The Hall–Kier alpha value is -1.41. The predicted octanol–water partition coefficient (Wildman–Crippen LogP) is 2.24.